The first-order chi connectivity index (χ1) is 13.6. The van der Waals surface area contributed by atoms with Crippen LogP contribution in [0.4, 0.5) is 4.39 Å². The Morgan fingerprint density at radius 1 is 1.00 bits per heavy atom. The van der Waals surface area contributed by atoms with E-state index in [0.717, 1.165) is 21.8 Å². The minimum Gasteiger partial charge on any atom is -0.340 e. The number of aromatic nitrogens is 1. The van der Waals surface area contributed by atoms with Crippen molar-refractivity contribution in [3.05, 3.63) is 83.1 Å². The molecule has 4 aromatic rings. The Balaban J connectivity index is 1.49. The Kier molecular flexibility index (Phi) is 5.08. The Labute approximate surface area is 166 Å². The van der Waals surface area contributed by atoms with Crippen LogP contribution in [0.3, 0.4) is 0 Å². The van der Waals surface area contributed by atoms with E-state index in [9.17, 15) is 9.18 Å². The zero-order chi connectivity index (χ0) is 19.5. The third-order valence-electron chi connectivity index (χ3n) is 4.62. The van der Waals surface area contributed by atoms with E-state index in [0.29, 0.717) is 6.54 Å². The third kappa shape index (κ3) is 3.49. The number of hydrazone groups is 1. The predicted molar refractivity (Wildman–Crippen MR) is 111 cm³/mol. The molecule has 6 heteroatoms. The van der Waals surface area contributed by atoms with Crippen LogP contribution in [0.2, 0.25) is 5.02 Å². The predicted octanol–water partition coefficient (Wildman–Crippen LogP) is 5.13. The number of rotatable bonds is 5. The van der Waals surface area contributed by atoms with Crippen molar-refractivity contribution in [1.29, 1.82) is 0 Å². The van der Waals surface area contributed by atoms with Gasteiger partial charge in [0.1, 0.15) is 5.82 Å². The minimum absolute atomic E-state index is 0.145. The maximum atomic E-state index is 13.7. The fourth-order valence-electron chi connectivity index (χ4n) is 3.32. The largest absolute Gasteiger partial charge is 0.340 e. The van der Waals surface area contributed by atoms with Crippen molar-refractivity contribution in [2.24, 2.45) is 5.10 Å². The molecule has 0 saturated carbocycles. The van der Waals surface area contributed by atoms with Gasteiger partial charge in [0.05, 0.1) is 11.2 Å². The smallest absolute Gasteiger partial charge is 0.241 e. The molecular weight excluding hydrogens is 377 g/mol. The number of aryl methyl sites for hydroxylation is 1. The van der Waals surface area contributed by atoms with Crippen LogP contribution in [0.25, 0.3) is 21.8 Å². The summed E-state index contributed by atoms with van der Waals surface area (Å²) in [5.74, 6) is -0.749. The van der Waals surface area contributed by atoms with Gasteiger partial charge in [0.25, 0.3) is 0 Å². The van der Waals surface area contributed by atoms with Crippen LogP contribution in [0.15, 0.2) is 71.8 Å². The summed E-state index contributed by atoms with van der Waals surface area (Å²) in [6.07, 6.45) is 1.46. The van der Waals surface area contributed by atoms with Crippen LogP contribution < -0.4 is 5.43 Å². The number of nitrogens with one attached hydrogen (secondary N) is 1. The van der Waals surface area contributed by atoms with Gasteiger partial charge in [-0.25, -0.2) is 9.82 Å². The van der Waals surface area contributed by atoms with Crippen LogP contribution in [-0.2, 0) is 11.3 Å². The van der Waals surface area contributed by atoms with Gasteiger partial charge in [0, 0.05) is 40.3 Å². The van der Waals surface area contributed by atoms with Crippen molar-refractivity contribution in [3.8, 4) is 0 Å². The number of hydrogen-bond acceptors (Lipinski definition) is 2. The molecule has 1 N–H and O–H groups in total. The van der Waals surface area contributed by atoms with Crippen molar-refractivity contribution in [3.63, 3.8) is 0 Å². The lowest BCUT2D eigenvalue weighted by Gasteiger charge is -2.07. The quantitative estimate of drug-likeness (QED) is 0.371. The standard InChI is InChI=1S/C22H17ClFN3O/c23-18-8-5-9-19(24)17(18)14-25-26-22(28)12-13-27-20-10-3-1-6-15(20)16-7-2-4-11-21(16)27/h1-11,14H,12-13H2,(H,26,28)/b25-14-. The molecule has 0 atom stereocenters. The number of hydrogen-bond donors (Lipinski definition) is 1. The fourth-order valence-corrected chi connectivity index (χ4v) is 3.53. The maximum Gasteiger partial charge on any atom is 0.241 e. The van der Waals surface area contributed by atoms with Gasteiger partial charge in [0.2, 0.25) is 5.91 Å². The average Bonchev–Trinajstić information content (AvgIpc) is 3.02. The lowest BCUT2D eigenvalue weighted by atomic mass is 10.2. The number of fused-ring (bicyclic) bond motifs is 3. The molecule has 0 radical (unpaired) electrons. The highest BCUT2D eigenvalue weighted by Gasteiger charge is 2.11. The molecule has 0 aliphatic carbocycles. The summed E-state index contributed by atoms with van der Waals surface area (Å²) in [6.45, 7) is 0.510. The summed E-state index contributed by atoms with van der Waals surface area (Å²) in [4.78, 5) is 12.2. The van der Waals surface area contributed by atoms with Crippen molar-refractivity contribution in [2.45, 2.75) is 13.0 Å². The summed E-state index contributed by atoms with van der Waals surface area (Å²) in [5.41, 5.74) is 4.74. The normalized spacial score (nSPS) is 11.5. The third-order valence-corrected chi connectivity index (χ3v) is 4.95. The van der Waals surface area contributed by atoms with Gasteiger partial charge < -0.3 is 4.57 Å². The number of halogens is 2. The van der Waals surface area contributed by atoms with Crippen LogP contribution in [0.1, 0.15) is 12.0 Å². The Morgan fingerprint density at radius 3 is 2.29 bits per heavy atom. The summed E-state index contributed by atoms with van der Waals surface area (Å²) in [7, 11) is 0. The van der Waals surface area contributed by atoms with Crippen molar-refractivity contribution >= 4 is 45.5 Å². The minimum atomic E-state index is -0.490. The lowest BCUT2D eigenvalue weighted by molar-refractivity contribution is -0.121. The van der Waals surface area contributed by atoms with E-state index in [4.69, 9.17) is 11.6 Å². The molecule has 4 rings (SSSR count). The molecule has 0 aliphatic heterocycles. The van der Waals surface area contributed by atoms with Crippen molar-refractivity contribution < 1.29 is 9.18 Å². The number of benzene rings is 3. The van der Waals surface area contributed by atoms with Crippen LogP contribution >= 0.6 is 11.6 Å². The monoisotopic (exact) mass is 393 g/mol. The van der Waals surface area contributed by atoms with Crippen molar-refractivity contribution in [1.82, 2.24) is 9.99 Å². The lowest BCUT2D eigenvalue weighted by Crippen LogP contribution is -2.19. The Morgan fingerprint density at radius 2 is 1.64 bits per heavy atom. The first-order valence-electron chi connectivity index (χ1n) is 8.87. The van der Waals surface area contributed by atoms with E-state index in [1.54, 1.807) is 6.07 Å². The molecule has 1 heterocycles. The van der Waals surface area contributed by atoms with E-state index in [-0.39, 0.29) is 22.9 Å². The highest BCUT2D eigenvalue weighted by Crippen LogP contribution is 2.28. The molecule has 0 fully saturated rings. The molecule has 0 bridgehead atoms. The van der Waals surface area contributed by atoms with Crippen LogP contribution in [0.5, 0.6) is 0 Å². The number of amides is 1. The van der Waals surface area contributed by atoms with E-state index >= 15 is 0 Å². The highest BCUT2D eigenvalue weighted by molar-refractivity contribution is 6.33. The Hall–Kier alpha value is -3.18. The maximum absolute atomic E-state index is 13.7. The molecule has 0 saturated heterocycles. The van der Waals surface area contributed by atoms with Gasteiger partial charge in [-0.1, -0.05) is 54.1 Å². The molecule has 140 valence electrons. The molecule has 1 aromatic heterocycles. The van der Waals surface area contributed by atoms with Gasteiger partial charge in [-0.05, 0) is 24.3 Å². The first kappa shape index (κ1) is 18.2. The van der Waals surface area contributed by atoms with Gasteiger partial charge in [0.15, 0.2) is 0 Å². The van der Waals surface area contributed by atoms with Crippen LogP contribution in [0, 0.1) is 5.82 Å². The molecule has 0 aliphatic rings. The average molecular weight is 394 g/mol. The second-order valence-electron chi connectivity index (χ2n) is 6.36. The molecule has 0 unspecified atom stereocenters. The first-order valence-corrected chi connectivity index (χ1v) is 9.25. The summed E-state index contributed by atoms with van der Waals surface area (Å²) in [5, 5.41) is 6.38. The Bertz CT molecular complexity index is 1130. The molecule has 0 spiro atoms. The molecule has 3 aromatic carbocycles. The highest BCUT2D eigenvalue weighted by atomic mass is 35.5. The number of nitrogens with zero attached hydrogens (tertiary/aromatic N) is 2. The second-order valence-corrected chi connectivity index (χ2v) is 6.77. The topological polar surface area (TPSA) is 46.4 Å². The zero-order valence-corrected chi connectivity index (χ0v) is 15.7. The molecule has 4 nitrogen and oxygen atoms in total. The number of para-hydroxylation sites is 2. The molecule has 1 amide bonds. The summed E-state index contributed by atoms with van der Waals surface area (Å²) < 4.78 is 15.8. The van der Waals surface area contributed by atoms with Crippen molar-refractivity contribution in [2.75, 3.05) is 0 Å². The summed E-state index contributed by atoms with van der Waals surface area (Å²) >= 11 is 5.94. The number of carbonyl (C=O) groups is 1. The fraction of sp³-hybridized carbons (Fsp3) is 0.0909. The zero-order valence-electron chi connectivity index (χ0n) is 14.9. The SMILES string of the molecule is O=C(CCn1c2ccccc2c2ccccc21)N/N=C\c1c(F)cccc1Cl. The van der Waals surface area contributed by atoms with E-state index in [2.05, 4.69) is 27.2 Å². The second kappa shape index (κ2) is 7.82. The molecule has 28 heavy (non-hydrogen) atoms. The number of carbonyl (C=O) groups excluding carboxylic acids is 1. The van der Waals surface area contributed by atoms with E-state index in [1.165, 1.54) is 18.3 Å². The van der Waals surface area contributed by atoms with Gasteiger partial charge in [-0.3, -0.25) is 4.79 Å². The van der Waals surface area contributed by atoms with Gasteiger partial charge in [-0.15, -0.1) is 0 Å². The van der Waals surface area contributed by atoms with E-state index < -0.39 is 5.82 Å². The van der Waals surface area contributed by atoms with Gasteiger partial charge >= 0.3 is 0 Å². The van der Waals surface area contributed by atoms with E-state index in [1.807, 2.05) is 36.4 Å². The summed E-state index contributed by atoms with van der Waals surface area (Å²) in [6, 6.07) is 20.6. The van der Waals surface area contributed by atoms with Crippen LogP contribution in [-0.4, -0.2) is 16.7 Å². The molecular formula is C22H17ClFN3O. The van der Waals surface area contributed by atoms with Gasteiger partial charge in [-0.2, -0.15) is 5.10 Å².